The lowest BCUT2D eigenvalue weighted by atomic mass is 10.1. The minimum absolute atomic E-state index is 0.674. The average Bonchev–Trinajstić information content (AvgIpc) is 2.40. The zero-order valence-electron chi connectivity index (χ0n) is 13.4. The third-order valence-corrected chi connectivity index (χ3v) is 3.66. The van der Waals surface area contributed by atoms with Crippen LogP contribution in [0.2, 0.25) is 5.02 Å². The zero-order valence-corrected chi connectivity index (χ0v) is 14.1. The maximum absolute atomic E-state index is 6.16. The van der Waals surface area contributed by atoms with Crippen LogP contribution in [0.5, 0.6) is 0 Å². The van der Waals surface area contributed by atoms with E-state index in [1.807, 2.05) is 6.07 Å². The second-order valence-electron chi connectivity index (χ2n) is 5.93. The van der Waals surface area contributed by atoms with E-state index in [4.69, 9.17) is 11.6 Å². The van der Waals surface area contributed by atoms with Crippen molar-refractivity contribution in [3.63, 3.8) is 0 Å². The Balaban J connectivity index is 2.68. The maximum Gasteiger partial charge on any atom is 0.0426 e. The summed E-state index contributed by atoms with van der Waals surface area (Å²) in [6.45, 7) is 9.73. The van der Waals surface area contributed by atoms with Gasteiger partial charge in [0.15, 0.2) is 0 Å². The molecule has 0 aliphatic heterocycles. The van der Waals surface area contributed by atoms with E-state index >= 15 is 0 Å². The predicted molar refractivity (Wildman–Crippen MR) is 90.8 cm³/mol. The number of nitrogens with zero attached hydrogens (tertiary/aromatic N) is 1. The molecule has 0 fully saturated rings. The summed E-state index contributed by atoms with van der Waals surface area (Å²) in [4.78, 5) is 2.33. The molecule has 2 nitrogen and oxygen atoms in total. The molecule has 0 aliphatic rings. The summed E-state index contributed by atoms with van der Waals surface area (Å²) in [5.41, 5.74) is 2.58. The van der Waals surface area contributed by atoms with Gasteiger partial charge in [0.1, 0.15) is 0 Å². The van der Waals surface area contributed by atoms with Crippen molar-refractivity contribution in [2.24, 2.45) is 5.92 Å². The molecule has 1 aromatic carbocycles. The van der Waals surface area contributed by atoms with Gasteiger partial charge in [-0.2, -0.15) is 0 Å². The molecule has 0 saturated carbocycles. The van der Waals surface area contributed by atoms with Gasteiger partial charge in [-0.3, -0.25) is 0 Å². The molecule has 0 aliphatic carbocycles. The molecule has 0 unspecified atom stereocenters. The van der Waals surface area contributed by atoms with Gasteiger partial charge in [-0.15, -0.1) is 0 Å². The predicted octanol–water partition coefficient (Wildman–Crippen LogP) is 4.71. The summed E-state index contributed by atoms with van der Waals surface area (Å²) in [6.07, 6.45) is 3.77. The van der Waals surface area contributed by atoms with Crippen molar-refractivity contribution in [2.75, 3.05) is 25.0 Å². The van der Waals surface area contributed by atoms with Gasteiger partial charge in [0.05, 0.1) is 0 Å². The topological polar surface area (TPSA) is 15.3 Å². The van der Waals surface area contributed by atoms with Gasteiger partial charge < -0.3 is 10.2 Å². The molecule has 0 spiro atoms. The molecule has 1 aromatic rings. The number of unbranched alkanes of at least 4 members (excludes halogenated alkanes) is 2. The zero-order chi connectivity index (χ0) is 15.0. The van der Waals surface area contributed by atoms with E-state index in [0.717, 1.165) is 24.7 Å². The standard InChI is InChI=1S/C17H29ClN2/c1-5-6-7-10-20(4)17-11-16(18)9-8-15(17)13-19-12-14(2)3/h8-9,11,14,19H,5-7,10,12-13H2,1-4H3. The van der Waals surface area contributed by atoms with Crippen LogP contribution < -0.4 is 10.2 Å². The van der Waals surface area contributed by atoms with Crippen LogP contribution >= 0.6 is 11.6 Å². The molecule has 0 bridgehead atoms. The monoisotopic (exact) mass is 296 g/mol. The van der Waals surface area contributed by atoms with E-state index in [2.05, 4.69) is 50.2 Å². The summed E-state index contributed by atoms with van der Waals surface area (Å²) >= 11 is 6.16. The van der Waals surface area contributed by atoms with E-state index in [-0.39, 0.29) is 0 Å². The molecule has 0 aromatic heterocycles. The number of halogens is 1. The number of benzene rings is 1. The van der Waals surface area contributed by atoms with Crippen LogP contribution in [0.1, 0.15) is 45.6 Å². The van der Waals surface area contributed by atoms with Gasteiger partial charge in [0, 0.05) is 30.8 Å². The lowest BCUT2D eigenvalue weighted by molar-refractivity contribution is 0.552. The fraction of sp³-hybridized carbons (Fsp3) is 0.647. The van der Waals surface area contributed by atoms with E-state index in [1.54, 1.807) is 0 Å². The Morgan fingerprint density at radius 1 is 1.25 bits per heavy atom. The van der Waals surface area contributed by atoms with E-state index in [9.17, 15) is 0 Å². The minimum atomic E-state index is 0.674. The van der Waals surface area contributed by atoms with Crippen molar-refractivity contribution >= 4 is 17.3 Å². The summed E-state index contributed by atoms with van der Waals surface area (Å²) in [5, 5.41) is 4.33. The van der Waals surface area contributed by atoms with Gasteiger partial charge in [-0.05, 0) is 36.6 Å². The van der Waals surface area contributed by atoms with Crippen LogP contribution in [-0.2, 0) is 6.54 Å². The maximum atomic E-state index is 6.16. The fourth-order valence-electron chi connectivity index (χ4n) is 2.26. The van der Waals surface area contributed by atoms with Crippen molar-refractivity contribution in [3.05, 3.63) is 28.8 Å². The third-order valence-electron chi connectivity index (χ3n) is 3.42. The van der Waals surface area contributed by atoms with Gasteiger partial charge in [0.2, 0.25) is 0 Å². The quantitative estimate of drug-likeness (QED) is 0.664. The third kappa shape index (κ3) is 6.15. The molecule has 1 N–H and O–H groups in total. The molecule has 1 rings (SSSR count). The van der Waals surface area contributed by atoms with Gasteiger partial charge >= 0.3 is 0 Å². The first kappa shape index (κ1) is 17.3. The molecule has 114 valence electrons. The van der Waals surface area contributed by atoms with E-state index in [0.29, 0.717) is 5.92 Å². The normalized spacial score (nSPS) is 11.1. The summed E-state index contributed by atoms with van der Waals surface area (Å²) in [5.74, 6) is 0.674. The Morgan fingerprint density at radius 3 is 2.65 bits per heavy atom. The Kier molecular flexibility index (Phi) is 8.01. The number of rotatable bonds is 9. The highest BCUT2D eigenvalue weighted by atomic mass is 35.5. The van der Waals surface area contributed by atoms with Gasteiger partial charge in [0.25, 0.3) is 0 Å². The van der Waals surface area contributed by atoms with Crippen LogP contribution in [0, 0.1) is 5.92 Å². The molecule has 3 heteroatoms. The first-order valence-electron chi connectivity index (χ1n) is 7.74. The number of hydrogen-bond donors (Lipinski definition) is 1. The molecule has 0 atom stereocenters. The second kappa shape index (κ2) is 9.25. The van der Waals surface area contributed by atoms with Crippen molar-refractivity contribution in [3.8, 4) is 0 Å². The lowest BCUT2D eigenvalue weighted by Gasteiger charge is -2.23. The highest BCUT2D eigenvalue weighted by Crippen LogP contribution is 2.24. The van der Waals surface area contributed by atoms with E-state index in [1.165, 1.54) is 30.5 Å². The van der Waals surface area contributed by atoms with Crippen LogP contribution in [0.25, 0.3) is 0 Å². The molecule has 0 heterocycles. The molecular weight excluding hydrogens is 268 g/mol. The van der Waals surface area contributed by atoms with Crippen LogP contribution in [0.15, 0.2) is 18.2 Å². The Hall–Kier alpha value is -0.730. The Bertz CT molecular complexity index is 391. The summed E-state index contributed by atoms with van der Waals surface area (Å²) in [7, 11) is 2.16. The number of anilines is 1. The van der Waals surface area contributed by atoms with Crippen molar-refractivity contribution in [1.29, 1.82) is 0 Å². The van der Waals surface area contributed by atoms with Crippen molar-refractivity contribution in [1.82, 2.24) is 5.32 Å². The molecule has 0 saturated heterocycles. The number of nitrogens with one attached hydrogen (secondary N) is 1. The first-order chi connectivity index (χ1) is 9.54. The highest BCUT2D eigenvalue weighted by Gasteiger charge is 2.08. The lowest BCUT2D eigenvalue weighted by Crippen LogP contribution is -2.23. The molecule has 0 radical (unpaired) electrons. The van der Waals surface area contributed by atoms with Crippen LogP contribution in [0.4, 0.5) is 5.69 Å². The first-order valence-corrected chi connectivity index (χ1v) is 8.12. The molecule has 20 heavy (non-hydrogen) atoms. The van der Waals surface area contributed by atoms with Crippen molar-refractivity contribution in [2.45, 2.75) is 46.6 Å². The minimum Gasteiger partial charge on any atom is -0.374 e. The average molecular weight is 297 g/mol. The molecule has 0 amide bonds. The summed E-state index contributed by atoms with van der Waals surface area (Å²) < 4.78 is 0. The van der Waals surface area contributed by atoms with Gasteiger partial charge in [-0.25, -0.2) is 0 Å². The van der Waals surface area contributed by atoms with Crippen LogP contribution in [-0.4, -0.2) is 20.1 Å². The highest BCUT2D eigenvalue weighted by molar-refractivity contribution is 6.30. The number of hydrogen-bond acceptors (Lipinski definition) is 2. The Morgan fingerprint density at radius 2 is 2.00 bits per heavy atom. The van der Waals surface area contributed by atoms with Crippen molar-refractivity contribution < 1.29 is 0 Å². The SMILES string of the molecule is CCCCCN(C)c1cc(Cl)ccc1CNCC(C)C. The summed E-state index contributed by atoms with van der Waals surface area (Å²) in [6, 6.07) is 6.21. The van der Waals surface area contributed by atoms with Crippen LogP contribution in [0.3, 0.4) is 0 Å². The molecular formula is C17H29ClN2. The Labute approximate surface area is 129 Å². The van der Waals surface area contributed by atoms with Gasteiger partial charge in [-0.1, -0.05) is 51.3 Å². The second-order valence-corrected chi connectivity index (χ2v) is 6.36. The smallest absolute Gasteiger partial charge is 0.0426 e. The van der Waals surface area contributed by atoms with E-state index < -0.39 is 0 Å². The largest absolute Gasteiger partial charge is 0.374 e. The fourth-order valence-corrected chi connectivity index (χ4v) is 2.42.